The van der Waals surface area contributed by atoms with E-state index in [9.17, 15) is 9.59 Å². The van der Waals surface area contributed by atoms with Crippen molar-refractivity contribution in [3.8, 4) is 0 Å². The summed E-state index contributed by atoms with van der Waals surface area (Å²) in [5.41, 5.74) is 0. The van der Waals surface area contributed by atoms with Gasteiger partial charge < -0.3 is 10.4 Å². The second-order valence-electron chi connectivity index (χ2n) is 5.19. The average molecular weight is 241 g/mol. The lowest BCUT2D eigenvalue weighted by Crippen LogP contribution is -2.37. The Hall–Kier alpha value is -1.06. The fraction of sp³-hybridized carbons (Fsp3) is 0.846. The molecule has 0 aromatic heterocycles. The van der Waals surface area contributed by atoms with Crippen LogP contribution in [0.15, 0.2) is 0 Å². The number of carbonyl (C=O) groups is 2. The standard InChI is InChI=1S/C13H23NO3/c1-9-7-8-11(10(9)2)14-12(15)5-3-4-6-13(16)17/h9-11H,3-8H2,1-2H3,(H,14,15)(H,16,17). The van der Waals surface area contributed by atoms with Crippen LogP contribution in [0.4, 0.5) is 0 Å². The first-order valence-corrected chi connectivity index (χ1v) is 6.52. The minimum Gasteiger partial charge on any atom is -0.481 e. The van der Waals surface area contributed by atoms with Crippen LogP contribution in [-0.4, -0.2) is 23.0 Å². The third-order valence-electron chi connectivity index (χ3n) is 3.86. The molecule has 2 N–H and O–H groups in total. The van der Waals surface area contributed by atoms with Crippen LogP contribution in [0.5, 0.6) is 0 Å². The first-order valence-electron chi connectivity index (χ1n) is 6.52. The summed E-state index contributed by atoms with van der Waals surface area (Å²) in [7, 11) is 0. The van der Waals surface area contributed by atoms with E-state index in [1.807, 2.05) is 0 Å². The van der Waals surface area contributed by atoms with Crippen molar-refractivity contribution in [3.63, 3.8) is 0 Å². The Labute approximate surface area is 103 Å². The molecule has 1 fully saturated rings. The van der Waals surface area contributed by atoms with Crippen LogP contribution in [0.25, 0.3) is 0 Å². The van der Waals surface area contributed by atoms with Crippen LogP contribution in [0.3, 0.4) is 0 Å². The van der Waals surface area contributed by atoms with E-state index in [-0.39, 0.29) is 12.3 Å². The Morgan fingerprint density at radius 2 is 1.82 bits per heavy atom. The molecule has 0 aromatic carbocycles. The van der Waals surface area contributed by atoms with Crippen molar-refractivity contribution >= 4 is 11.9 Å². The second kappa shape index (κ2) is 6.62. The molecule has 1 aliphatic carbocycles. The van der Waals surface area contributed by atoms with Crippen molar-refractivity contribution in [3.05, 3.63) is 0 Å². The van der Waals surface area contributed by atoms with Crippen LogP contribution in [0, 0.1) is 11.8 Å². The molecule has 0 spiro atoms. The first-order chi connectivity index (χ1) is 8.00. The van der Waals surface area contributed by atoms with Crippen LogP contribution in [-0.2, 0) is 9.59 Å². The van der Waals surface area contributed by atoms with Crippen molar-refractivity contribution in [1.82, 2.24) is 5.32 Å². The van der Waals surface area contributed by atoms with E-state index >= 15 is 0 Å². The number of nitrogens with one attached hydrogen (secondary N) is 1. The van der Waals surface area contributed by atoms with Gasteiger partial charge in [-0.25, -0.2) is 0 Å². The van der Waals surface area contributed by atoms with E-state index < -0.39 is 5.97 Å². The largest absolute Gasteiger partial charge is 0.481 e. The topological polar surface area (TPSA) is 66.4 Å². The molecule has 17 heavy (non-hydrogen) atoms. The number of unbranched alkanes of at least 4 members (excludes halogenated alkanes) is 1. The summed E-state index contributed by atoms with van der Waals surface area (Å²) in [4.78, 5) is 21.9. The van der Waals surface area contributed by atoms with Gasteiger partial charge in [-0.1, -0.05) is 13.8 Å². The van der Waals surface area contributed by atoms with E-state index in [1.165, 1.54) is 6.42 Å². The molecular weight excluding hydrogens is 218 g/mol. The average Bonchev–Trinajstić information content (AvgIpc) is 2.56. The van der Waals surface area contributed by atoms with Gasteiger partial charge >= 0.3 is 5.97 Å². The number of rotatable bonds is 6. The fourth-order valence-electron chi connectivity index (χ4n) is 2.41. The lowest BCUT2D eigenvalue weighted by molar-refractivity contribution is -0.137. The van der Waals surface area contributed by atoms with Gasteiger partial charge in [0.1, 0.15) is 0 Å². The summed E-state index contributed by atoms with van der Waals surface area (Å²) < 4.78 is 0. The SMILES string of the molecule is CC1CCC(NC(=O)CCCCC(=O)O)C1C. The van der Waals surface area contributed by atoms with Gasteiger partial charge in [-0.3, -0.25) is 9.59 Å². The van der Waals surface area contributed by atoms with Gasteiger partial charge in [0.25, 0.3) is 0 Å². The molecule has 4 nitrogen and oxygen atoms in total. The molecule has 98 valence electrons. The number of aliphatic carboxylic acids is 1. The number of carbonyl (C=O) groups excluding carboxylic acids is 1. The minimum atomic E-state index is -0.788. The molecule has 0 aromatic rings. The van der Waals surface area contributed by atoms with E-state index in [2.05, 4.69) is 19.2 Å². The van der Waals surface area contributed by atoms with Crippen molar-refractivity contribution in [1.29, 1.82) is 0 Å². The Bertz CT molecular complexity index is 278. The Morgan fingerprint density at radius 1 is 1.18 bits per heavy atom. The van der Waals surface area contributed by atoms with Crippen LogP contribution in [0.1, 0.15) is 52.4 Å². The molecule has 3 atom stereocenters. The van der Waals surface area contributed by atoms with Crippen LogP contribution in [0.2, 0.25) is 0 Å². The van der Waals surface area contributed by atoms with Crippen molar-refractivity contribution in [2.24, 2.45) is 11.8 Å². The molecule has 0 saturated heterocycles. The van der Waals surface area contributed by atoms with Gasteiger partial charge in [0.15, 0.2) is 0 Å². The smallest absolute Gasteiger partial charge is 0.303 e. The molecule has 4 heteroatoms. The number of hydrogen-bond acceptors (Lipinski definition) is 2. The number of hydrogen-bond donors (Lipinski definition) is 2. The van der Waals surface area contributed by atoms with Gasteiger partial charge in [0.05, 0.1) is 0 Å². The zero-order chi connectivity index (χ0) is 12.8. The van der Waals surface area contributed by atoms with E-state index in [0.29, 0.717) is 37.1 Å². The molecule has 0 aliphatic heterocycles. The highest BCUT2D eigenvalue weighted by molar-refractivity contribution is 5.76. The lowest BCUT2D eigenvalue weighted by atomic mass is 9.97. The number of carboxylic acids is 1. The summed E-state index contributed by atoms with van der Waals surface area (Å²) in [6, 6.07) is 0.317. The minimum absolute atomic E-state index is 0.0707. The van der Waals surface area contributed by atoms with Crippen molar-refractivity contribution in [2.75, 3.05) is 0 Å². The first kappa shape index (κ1) is 14.0. The molecule has 0 bridgehead atoms. The fourth-order valence-corrected chi connectivity index (χ4v) is 2.41. The predicted molar refractivity (Wildman–Crippen MR) is 65.6 cm³/mol. The summed E-state index contributed by atoms with van der Waals surface area (Å²) in [5, 5.41) is 11.5. The summed E-state index contributed by atoms with van der Waals surface area (Å²) >= 11 is 0. The molecule has 0 radical (unpaired) electrons. The normalized spacial score (nSPS) is 28.0. The van der Waals surface area contributed by atoms with E-state index in [0.717, 1.165) is 6.42 Å². The summed E-state index contributed by atoms with van der Waals surface area (Å²) in [6.07, 6.45) is 4.11. The number of amides is 1. The van der Waals surface area contributed by atoms with E-state index in [4.69, 9.17) is 5.11 Å². The third kappa shape index (κ3) is 4.75. The molecule has 1 amide bonds. The molecule has 0 heterocycles. The Morgan fingerprint density at radius 3 is 2.35 bits per heavy atom. The van der Waals surface area contributed by atoms with Crippen molar-refractivity contribution < 1.29 is 14.7 Å². The molecule has 1 aliphatic rings. The van der Waals surface area contributed by atoms with Gasteiger partial charge in [0, 0.05) is 18.9 Å². The highest BCUT2D eigenvalue weighted by Gasteiger charge is 2.30. The van der Waals surface area contributed by atoms with Gasteiger partial charge in [0.2, 0.25) is 5.91 Å². The predicted octanol–water partition coefficient (Wildman–Crippen LogP) is 2.18. The van der Waals surface area contributed by atoms with Gasteiger partial charge in [-0.15, -0.1) is 0 Å². The second-order valence-corrected chi connectivity index (χ2v) is 5.19. The Balaban J connectivity index is 2.15. The molecular formula is C13H23NO3. The quantitative estimate of drug-likeness (QED) is 0.700. The number of carboxylic acid groups (broad SMARTS) is 1. The van der Waals surface area contributed by atoms with Crippen molar-refractivity contribution in [2.45, 2.75) is 58.4 Å². The highest BCUT2D eigenvalue weighted by atomic mass is 16.4. The molecule has 1 rings (SSSR count). The monoisotopic (exact) mass is 241 g/mol. The lowest BCUT2D eigenvalue weighted by Gasteiger charge is -2.19. The Kier molecular flexibility index (Phi) is 5.45. The maximum Gasteiger partial charge on any atom is 0.303 e. The maximum absolute atomic E-state index is 11.6. The van der Waals surface area contributed by atoms with E-state index in [1.54, 1.807) is 0 Å². The maximum atomic E-state index is 11.6. The molecule has 1 saturated carbocycles. The molecule has 3 unspecified atom stereocenters. The zero-order valence-electron chi connectivity index (χ0n) is 10.7. The summed E-state index contributed by atoms with van der Waals surface area (Å²) in [6.45, 7) is 4.41. The zero-order valence-corrected chi connectivity index (χ0v) is 10.7. The summed E-state index contributed by atoms with van der Waals surface area (Å²) in [5.74, 6) is 0.523. The van der Waals surface area contributed by atoms with Gasteiger partial charge in [-0.05, 0) is 37.5 Å². The third-order valence-corrected chi connectivity index (χ3v) is 3.86. The van der Waals surface area contributed by atoms with Crippen LogP contribution >= 0.6 is 0 Å². The highest BCUT2D eigenvalue weighted by Crippen LogP contribution is 2.31. The van der Waals surface area contributed by atoms with Crippen LogP contribution < -0.4 is 5.32 Å². The van der Waals surface area contributed by atoms with Gasteiger partial charge in [-0.2, -0.15) is 0 Å².